The highest BCUT2D eigenvalue weighted by molar-refractivity contribution is 5.38. The van der Waals surface area contributed by atoms with Crippen LogP contribution in [0.4, 0.5) is 0 Å². The van der Waals surface area contributed by atoms with Gasteiger partial charge in [-0.05, 0) is 62.1 Å². The van der Waals surface area contributed by atoms with Gasteiger partial charge in [0.05, 0.1) is 5.60 Å². The molecule has 0 radical (unpaired) electrons. The lowest BCUT2D eigenvalue weighted by molar-refractivity contribution is 0.0376. The van der Waals surface area contributed by atoms with Crippen LogP contribution in [0.3, 0.4) is 0 Å². The van der Waals surface area contributed by atoms with Crippen LogP contribution < -0.4 is 0 Å². The van der Waals surface area contributed by atoms with Gasteiger partial charge in [-0.2, -0.15) is 0 Å². The summed E-state index contributed by atoms with van der Waals surface area (Å²) in [5.74, 6) is 0. The van der Waals surface area contributed by atoms with Crippen molar-refractivity contribution in [1.29, 1.82) is 0 Å². The molecule has 0 aromatic heterocycles. The first-order valence-corrected chi connectivity index (χ1v) is 7.00. The number of hydrogen-bond donors (Lipinski definition) is 1. The number of hydrogen-bond acceptors (Lipinski definition) is 1. The zero-order valence-electron chi connectivity index (χ0n) is 12.4. The molecule has 1 aliphatic rings. The Hall–Kier alpha value is -0.820. The Balaban J connectivity index is 2.25. The van der Waals surface area contributed by atoms with E-state index in [0.717, 1.165) is 25.7 Å². The summed E-state index contributed by atoms with van der Waals surface area (Å²) < 4.78 is 0. The Labute approximate surface area is 111 Å². The molecule has 0 saturated heterocycles. The Morgan fingerprint density at radius 3 is 2.06 bits per heavy atom. The average Bonchev–Trinajstić information content (AvgIpc) is 2.47. The second kappa shape index (κ2) is 4.38. The third kappa shape index (κ3) is 2.77. The van der Waals surface area contributed by atoms with Crippen molar-refractivity contribution in [3.8, 4) is 0 Å². The number of aliphatic hydroxyl groups is 1. The number of benzene rings is 1. The van der Waals surface area contributed by atoms with E-state index < -0.39 is 5.60 Å². The highest BCUT2D eigenvalue weighted by Crippen LogP contribution is 2.45. The first-order chi connectivity index (χ1) is 8.21. The van der Waals surface area contributed by atoms with E-state index in [9.17, 15) is 5.11 Å². The van der Waals surface area contributed by atoms with E-state index in [1.54, 1.807) is 0 Å². The summed E-state index contributed by atoms with van der Waals surface area (Å²) in [6, 6.07) is 4.46. The smallest absolute Gasteiger partial charge is 0.0693 e. The molecule has 0 bridgehead atoms. The van der Waals surface area contributed by atoms with Crippen molar-refractivity contribution in [2.24, 2.45) is 5.41 Å². The second-order valence-corrected chi connectivity index (χ2v) is 7.12. The fraction of sp³-hybridized carbons (Fsp3) is 0.647. The predicted octanol–water partition coefficient (Wildman–Crippen LogP) is 4.10. The molecule has 1 fully saturated rings. The van der Waals surface area contributed by atoms with Crippen LogP contribution in [-0.2, 0) is 6.42 Å². The van der Waals surface area contributed by atoms with E-state index in [-0.39, 0.29) is 0 Å². The van der Waals surface area contributed by atoms with Gasteiger partial charge in [-0.15, -0.1) is 0 Å². The molecule has 1 aromatic rings. The van der Waals surface area contributed by atoms with Gasteiger partial charge >= 0.3 is 0 Å². The molecule has 1 heteroatoms. The molecule has 0 amide bonds. The molecule has 1 aliphatic carbocycles. The van der Waals surface area contributed by atoms with Crippen LogP contribution in [0, 0.1) is 26.2 Å². The lowest BCUT2D eigenvalue weighted by Gasteiger charge is -2.27. The first-order valence-electron chi connectivity index (χ1n) is 7.00. The minimum absolute atomic E-state index is 0.293. The van der Waals surface area contributed by atoms with Crippen molar-refractivity contribution in [2.75, 3.05) is 0 Å². The highest BCUT2D eigenvalue weighted by Gasteiger charge is 2.41. The SMILES string of the molecule is Cc1cc(C)c(CC2(O)CCC(C)(C)C2)c(C)c1. The van der Waals surface area contributed by atoms with Gasteiger partial charge in [-0.1, -0.05) is 31.5 Å². The van der Waals surface area contributed by atoms with Crippen molar-refractivity contribution < 1.29 is 5.11 Å². The third-order valence-corrected chi connectivity index (χ3v) is 4.42. The van der Waals surface area contributed by atoms with Gasteiger partial charge in [-0.25, -0.2) is 0 Å². The van der Waals surface area contributed by atoms with Crippen LogP contribution >= 0.6 is 0 Å². The number of rotatable bonds is 2. The van der Waals surface area contributed by atoms with Gasteiger partial charge in [0.1, 0.15) is 0 Å². The zero-order valence-corrected chi connectivity index (χ0v) is 12.4. The predicted molar refractivity (Wildman–Crippen MR) is 76.9 cm³/mol. The molecule has 18 heavy (non-hydrogen) atoms. The maximum atomic E-state index is 10.8. The normalized spacial score (nSPS) is 26.6. The first kappa shape index (κ1) is 13.6. The molecule has 1 N–H and O–H groups in total. The number of aryl methyl sites for hydroxylation is 3. The summed E-state index contributed by atoms with van der Waals surface area (Å²) >= 11 is 0. The molecule has 1 atom stereocenters. The van der Waals surface area contributed by atoms with Gasteiger partial charge in [0.2, 0.25) is 0 Å². The Morgan fingerprint density at radius 1 is 1.06 bits per heavy atom. The minimum Gasteiger partial charge on any atom is -0.390 e. The molecule has 2 rings (SSSR count). The summed E-state index contributed by atoms with van der Waals surface area (Å²) in [4.78, 5) is 0. The monoisotopic (exact) mass is 246 g/mol. The fourth-order valence-corrected chi connectivity index (χ4v) is 3.61. The lowest BCUT2D eigenvalue weighted by atomic mass is 9.84. The van der Waals surface area contributed by atoms with Gasteiger partial charge < -0.3 is 5.11 Å². The average molecular weight is 246 g/mol. The summed E-state index contributed by atoms with van der Waals surface area (Å²) in [7, 11) is 0. The van der Waals surface area contributed by atoms with Crippen LogP contribution in [-0.4, -0.2) is 10.7 Å². The summed E-state index contributed by atoms with van der Waals surface area (Å²) in [6.07, 6.45) is 3.81. The molecular formula is C17H26O. The van der Waals surface area contributed by atoms with E-state index >= 15 is 0 Å². The van der Waals surface area contributed by atoms with Crippen molar-refractivity contribution >= 4 is 0 Å². The molecule has 1 saturated carbocycles. The molecule has 0 spiro atoms. The zero-order chi connectivity index (χ0) is 13.6. The van der Waals surface area contributed by atoms with Crippen LogP contribution in [0.15, 0.2) is 12.1 Å². The van der Waals surface area contributed by atoms with E-state index in [1.165, 1.54) is 22.3 Å². The molecule has 1 unspecified atom stereocenters. The molecule has 0 aliphatic heterocycles. The molecule has 0 heterocycles. The van der Waals surface area contributed by atoms with Crippen LogP contribution in [0.5, 0.6) is 0 Å². The van der Waals surface area contributed by atoms with Crippen LogP contribution in [0.1, 0.15) is 55.4 Å². The fourth-order valence-electron chi connectivity index (χ4n) is 3.61. The maximum Gasteiger partial charge on any atom is 0.0693 e. The molecule has 1 nitrogen and oxygen atoms in total. The third-order valence-electron chi connectivity index (χ3n) is 4.42. The highest BCUT2D eigenvalue weighted by atomic mass is 16.3. The molecular weight excluding hydrogens is 220 g/mol. The van der Waals surface area contributed by atoms with E-state index in [0.29, 0.717) is 5.41 Å². The quantitative estimate of drug-likeness (QED) is 0.833. The Kier molecular flexibility index (Phi) is 3.31. The van der Waals surface area contributed by atoms with Gasteiger partial charge in [-0.3, -0.25) is 0 Å². The summed E-state index contributed by atoms with van der Waals surface area (Å²) in [6.45, 7) is 11.0. The van der Waals surface area contributed by atoms with Gasteiger partial charge in [0.25, 0.3) is 0 Å². The maximum absolute atomic E-state index is 10.8. The van der Waals surface area contributed by atoms with E-state index in [4.69, 9.17) is 0 Å². The Bertz CT molecular complexity index is 436. The van der Waals surface area contributed by atoms with Crippen molar-refractivity contribution in [3.63, 3.8) is 0 Å². The largest absolute Gasteiger partial charge is 0.390 e. The Morgan fingerprint density at radius 2 is 1.61 bits per heavy atom. The van der Waals surface area contributed by atoms with Gasteiger partial charge in [0.15, 0.2) is 0 Å². The molecule has 1 aromatic carbocycles. The standard InChI is InChI=1S/C17H26O/c1-12-8-13(2)15(14(3)9-12)10-17(18)7-6-16(4,5)11-17/h8-9,18H,6-7,10-11H2,1-5H3. The van der Waals surface area contributed by atoms with E-state index in [1.807, 2.05) is 0 Å². The van der Waals surface area contributed by atoms with Crippen LogP contribution in [0.2, 0.25) is 0 Å². The lowest BCUT2D eigenvalue weighted by Crippen LogP contribution is -2.29. The van der Waals surface area contributed by atoms with Crippen molar-refractivity contribution in [3.05, 3.63) is 34.4 Å². The van der Waals surface area contributed by atoms with Crippen LogP contribution in [0.25, 0.3) is 0 Å². The summed E-state index contributed by atoms with van der Waals surface area (Å²) in [5, 5.41) is 10.8. The van der Waals surface area contributed by atoms with Crippen molar-refractivity contribution in [1.82, 2.24) is 0 Å². The van der Waals surface area contributed by atoms with E-state index in [2.05, 4.69) is 46.8 Å². The molecule has 100 valence electrons. The minimum atomic E-state index is -0.492. The topological polar surface area (TPSA) is 20.2 Å². The van der Waals surface area contributed by atoms with Crippen molar-refractivity contribution in [2.45, 2.75) is 65.9 Å². The second-order valence-electron chi connectivity index (χ2n) is 7.12. The summed E-state index contributed by atoms with van der Waals surface area (Å²) in [5.41, 5.74) is 5.11. The van der Waals surface area contributed by atoms with Gasteiger partial charge in [0, 0.05) is 6.42 Å².